The third-order valence-corrected chi connectivity index (χ3v) is 3.85. The Morgan fingerprint density at radius 2 is 1.86 bits per heavy atom. The number of nitrogens with zero attached hydrogens (tertiary/aromatic N) is 3. The van der Waals surface area contributed by atoms with Gasteiger partial charge in [0.25, 0.3) is 0 Å². The monoisotopic (exact) mass is 414 g/mol. The highest BCUT2D eigenvalue weighted by molar-refractivity contribution is 6.29. The van der Waals surface area contributed by atoms with E-state index in [0.29, 0.717) is 18.9 Å². The second-order valence-corrected chi connectivity index (χ2v) is 7.39. The van der Waals surface area contributed by atoms with E-state index in [1.807, 2.05) is 34.6 Å². The van der Waals surface area contributed by atoms with Crippen molar-refractivity contribution in [2.75, 3.05) is 25.0 Å². The molecule has 2 rings (SSSR count). The van der Waals surface area contributed by atoms with Crippen LogP contribution in [0, 0.1) is 0 Å². The van der Waals surface area contributed by atoms with E-state index in [4.69, 9.17) is 21.1 Å². The number of halogens is 1. The van der Waals surface area contributed by atoms with Gasteiger partial charge in [0.05, 0.1) is 6.61 Å². The minimum absolute atomic E-state index is 0.0759. The number of hydrogen-bond acceptors (Lipinski definition) is 7. The molecule has 0 unspecified atom stereocenters. The molecule has 0 spiro atoms. The average molecular weight is 415 g/mol. The van der Waals surface area contributed by atoms with Crippen molar-refractivity contribution in [3.8, 4) is 0 Å². The smallest absolute Gasteiger partial charge is 0.410 e. The summed E-state index contributed by atoms with van der Waals surface area (Å²) in [6, 6.07) is 1.67. The molecule has 2 heterocycles. The third kappa shape index (κ3) is 7.88. The molecule has 28 heavy (non-hydrogen) atoms. The summed E-state index contributed by atoms with van der Waals surface area (Å²) in [7, 11) is 0. The maximum absolute atomic E-state index is 12.1. The van der Waals surface area contributed by atoms with Gasteiger partial charge in [0.1, 0.15) is 16.6 Å². The van der Waals surface area contributed by atoms with Crippen molar-refractivity contribution in [3.63, 3.8) is 0 Å². The summed E-state index contributed by atoms with van der Waals surface area (Å²) >= 11 is 5.97. The number of carbonyl (C=O) groups excluding carboxylic acids is 2. The van der Waals surface area contributed by atoms with Gasteiger partial charge in [0, 0.05) is 25.2 Å². The zero-order chi connectivity index (χ0) is 21.3. The quantitative estimate of drug-likeness (QED) is 0.584. The fourth-order valence-corrected chi connectivity index (χ4v) is 2.70. The highest BCUT2D eigenvalue weighted by Gasteiger charge is 2.27. The minimum Gasteiger partial charge on any atom is -0.460 e. The molecular weight excluding hydrogens is 384 g/mol. The molecule has 0 radical (unpaired) electrons. The van der Waals surface area contributed by atoms with Crippen molar-refractivity contribution in [1.29, 1.82) is 0 Å². The van der Waals surface area contributed by atoms with Crippen LogP contribution in [0.25, 0.3) is 0 Å². The molecule has 0 aliphatic carbocycles. The molecule has 1 aromatic rings. The third-order valence-electron chi connectivity index (χ3n) is 3.65. The molecule has 0 bridgehead atoms. The molecule has 1 amide bonds. The van der Waals surface area contributed by atoms with Crippen LogP contribution in [0.2, 0.25) is 5.15 Å². The van der Waals surface area contributed by atoms with Gasteiger partial charge in [-0.05, 0) is 40.5 Å². The number of esters is 1. The van der Waals surface area contributed by atoms with E-state index < -0.39 is 11.6 Å². The van der Waals surface area contributed by atoms with Gasteiger partial charge in [-0.1, -0.05) is 25.4 Å². The first-order valence-corrected chi connectivity index (χ1v) is 10.0. The molecule has 1 aliphatic heterocycles. The number of carbonyl (C=O) groups is 2. The second-order valence-electron chi connectivity index (χ2n) is 7.01. The van der Waals surface area contributed by atoms with Crippen LogP contribution in [0.1, 0.15) is 65.0 Å². The summed E-state index contributed by atoms with van der Waals surface area (Å²) in [6.45, 7) is 12.6. The first-order valence-electron chi connectivity index (χ1n) is 9.64. The molecule has 158 valence electrons. The van der Waals surface area contributed by atoms with Crippen LogP contribution in [-0.2, 0) is 9.47 Å². The largest absolute Gasteiger partial charge is 0.460 e. The van der Waals surface area contributed by atoms with Gasteiger partial charge in [0.2, 0.25) is 5.82 Å². The van der Waals surface area contributed by atoms with Crippen LogP contribution in [0.3, 0.4) is 0 Å². The van der Waals surface area contributed by atoms with Gasteiger partial charge in [-0.25, -0.2) is 19.6 Å². The van der Waals surface area contributed by atoms with Crippen molar-refractivity contribution >= 4 is 29.5 Å². The summed E-state index contributed by atoms with van der Waals surface area (Å²) in [6.07, 6.45) is 1.16. The SMILES string of the molecule is CC.CCOC(=O)c1nc(Cl)cc(NC2CCN(C(=O)OC(C)(C)C)CC2)n1. The fraction of sp³-hybridized carbons (Fsp3) is 0.684. The number of hydrogen-bond donors (Lipinski definition) is 1. The van der Waals surface area contributed by atoms with Gasteiger partial charge < -0.3 is 19.7 Å². The maximum atomic E-state index is 12.1. The molecular formula is C19H31ClN4O4. The highest BCUT2D eigenvalue weighted by Crippen LogP contribution is 2.19. The molecule has 0 atom stereocenters. The number of amides is 1. The van der Waals surface area contributed by atoms with E-state index in [9.17, 15) is 9.59 Å². The zero-order valence-electron chi connectivity index (χ0n) is 17.5. The predicted octanol–water partition coefficient (Wildman–Crippen LogP) is 4.14. The lowest BCUT2D eigenvalue weighted by Crippen LogP contribution is -2.44. The first-order chi connectivity index (χ1) is 13.2. The average Bonchev–Trinajstić information content (AvgIpc) is 2.62. The molecule has 1 fully saturated rings. The Morgan fingerprint density at radius 1 is 1.25 bits per heavy atom. The minimum atomic E-state index is -0.613. The van der Waals surface area contributed by atoms with Crippen molar-refractivity contribution in [3.05, 3.63) is 17.0 Å². The standard InChI is InChI=1S/C17H25ClN4O4.C2H6/c1-5-25-15(23)14-20-12(18)10-13(21-14)19-11-6-8-22(9-7-11)16(24)26-17(2,3)4;1-2/h10-11H,5-9H2,1-4H3,(H,19,20,21);1-2H3. The van der Waals surface area contributed by atoms with Crippen molar-refractivity contribution < 1.29 is 19.1 Å². The van der Waals surface area contributed by atoms with E-state index in [2.05, 4.69) is 15.3 Å². The molecule has 1 N–H and O–H groups in total. The second kappa shape index (κ2) is 11.0. The van der Waals surface area contributed by atoms with Crippen LogP contribution < -0.4 is 5.32 Å². The topological polar surface area (TPSA) is 93.7 Å². The van der Waals surface area contributed by atoms with E-state index in [1.54, 1.807) is 17.9 Å². The number of anilines is 1. The normalized spacial score (nSPS) is 14.6. The Kier molecular flexibility index (Phi) is 9.45. The van der Waals surface area contributed by atoms with Gasteiger partial charge in [-0.3, -0.25) is 0 Å². The van der Waals surface area contributed by atoms with Gasteiger partial charge in [0.15, 0.2) is 0 Å². The Hall–Kier alpha value is -2.09. The van der Waals surface area contributed by atoms with Crippen molar-refractivity contribution in [2.24, 2.45) is 0 Å². The highest BCUT2D eigenvalue weighted by atomic mass is 35.5. The molecule has 0 aromatic carbocycles. The number of nitrogens with one attached hydrogen (secondary N) is 1. The molecule has 9 heteroatoms. The lowest BCUT2D eigenvalue weighted by Gasteiger charge is -2.33. The molecule has 0 saturated carbocycles. The van der Waals surface area contributed by atoms with E-state index >= 15 is 0 Å². The summed E-state index contributed by atoms with van der Waals surface area (Å²) in [4.78, 5) is 33.6. The number of rotatable bonds is 4. The Morgan fingerprint density at radius 3 is 2.39 bits per heavy atom. The number of ether oxygens (including phenoxy) is 2. The van der Waals surface area contributed by atoms with Crippen LogP contribution in [0.15, 0.2) is 6.07 Å². The van der Waals surface area contributed by atoms with Crippen LogP contribution in [-0.4, -0.2) is 58.3 Å². The summed E-state index contributed by atoms with van der Waals surface area (Å²) in [5.74, 6) is -0.227. The summed E-state index contributed by atoms with van der Waals surface area (Å²) in [5.41, 5.74) is -0.507. The van der Waals surface area contributed by atoms with Crippen molar-refractivity contribution in [2.45, 2.75) is 66.0 Å². The zero-order valence-corrected chi connectivity index (χ0v) is 18.3. The molecule has 8 nitrogen and oxygen atoms in total. The number of piperidine rings is 1. The summed E-state index contributed by atoms with van der Waals surface area (Å²) in [5, 5.41) is 3.41. The number of likely N-dealkylation sites (tertiary alicyclic amines) is 1. The van der Waals surface area contributed by atoms with E-state index in [0.717, 1.165) is 12.8 Å². The fourth-order valence-electron chi connectivity index (χ4n) is 2.52. The molecule has 1 aromatic heterocycles. The van der Waals surface area contributed by atoms with E-state index in [1.165, 1.54) is 0 Å². The van der Waals surface area contributed by atoms with Crippen LogP contribution in [0.4, 0.5) is 10.6 Å². The molecule has 1 aliphatic rings. The van der Waals surface area contributed by atoms with E-state index in [-0.39, 0.29) is 29.7 Å². The maximum Gasteiger partial charge on any atom is 0.410 e. The predicted molar refractivity (Wildman–Crippen MR) is 109 cm³/mol. The van der Waals surface area contributed by atoms with Gasteiger partial charge >= 0.3 is 12.1 Å². The van der Waals surface area contributed by atoms with Crippen LogP contribution >= 0.6 is 11.6 Å². The summed E-state index contributed by atoms with van der Waals surface area (Å²) < 4.78 is 10.3. The lowest BCUT2D eigenvalue weighted by molar-refractivity contribution is 0.0210. The van der Waals surface area contributed by atoms with Gasteiger partial charge in [-0.15, -0.1) is 0 Å². The Balaban J connectivity index is 0.00000190. The number of aromatic nitrogens is 2. The lowest BCUT2D eigenvalue weighted by atomic mass is 10.1. The molecule has 1 saturated heterocycles. The van der Waals surface area contributed by atoms with Crippen molar-refractivity contribution in [1.82, 2.24) is 14.9 Å². The van der Waals surface area contributed by atoms with Crippen LogP contribution in [0.5, 0.6) is 0 Å². The van der Waals surface area contributed by atoms with Gasteiger partial charge in [-0.2, -0.15) is 0 Å². The Labute approximate surface area is 172 Å². The Bertz CT molecular complexity index is 656. The first kappa shape index (κ1) is 23.9.